The molecule has 1 aromatic carbocycles. The lowest BCUT2D eigenvalue weighted by Gasteiger charge is -2.16. The number of nitrogens with zero attached hydrogens (tertiary/aromatic N) is 1. The average molecular weight is 382 g/mol. The smallest absolute Gasteiger partial charge is 0.397 e. The predicted molar refractivity (Wildman–Crippen MR) is 85.3 cm³/mol. The summed E-state index contributed by atoms with van der Waals surface area (Å²) >= 11 is 6.30. The molecule has 9 heteroatoms. The van der Waals surface area contributed by atoms with E-state index in [0.29, 0.717) is 16.8 Å². The number of carbonyl (C=O) groups is 2. The fraction of sp³-hybridized carbons (Fsp3) is 0.467. The first-order valence-electron chi connectivity index (χ1n) is 7.08. The maximum Gasteiger partial charge on any atom is 0.397 e. The Morgan fingerprint density at radius 1 is 1.25 bits per heavy atom. The number of benzene rings is 1. The summed E-state index contributed by atoms with van der Waals surface area (Å²) in [5, 5.41) is 9.88. The lowest BCUT2D eigenvalue weighted by molar-refractivity contribution is -0.141. The maximum absolute atomic E-state index is 12.1. The van der Waals surface area contributed by atoms with Crippen molar-refractivity contribution in [1.82, 2.24) is 4.90 Å². The highest BCUT2D eigenvalue weighted by Gasteiger charge is 2.40. The van der Waals surface area contributed by atoms with Gasteiger partial charge in [0.25, 0.3) is 0 Å². The molecule has 0 aliphatic carbocycles. The van der Waals surface area contributed by atoms with Crippen molar-refractivity contribution in [1.29, 1.82) is 0 Å². The number of thioether (sulfide) groups is 1. The molecule has 132 valence electrons. The zero-order valence-electron chi connectivity index (χ0n) is 12.4. The van der Waals surface area contributed by atoms with Crippen molar-refractivity contribution in [3.05, 3.63) is 34.9 Å². The molecule has 4 nitrogen and oxygen atoms in total. The predicted octanol–water partition coefficient (Wildman–Crippen LogP) is 3.26. The molecular formula is C15H15ClF3NO3S. The third-order valence-electron chi connectivity index (χ3n) is 3.78. The number of carboxylic acids is 1. The molecule has 0 unspecified atom stereocenters. The van der Waals surface area contributed by atoms with Gasteiger partial charge in [-0.3, -0.25) is 9.59 Å². The standard InChI is InChI=1S/C15H15ClF3NO3S/c16-10-3-1-9(2-4-10)11-5-20(6-12(11)14(22)23)13(21)7-24-8-15(17,18)19/h1-4,11-12H,5-8H2,(H,22,23)/t11-,12+/m0/s1. The molecule has 0 aromatic heterocycles. The summed E-state index contributed by atoms with van der Waals surface area (Å²) in [5.41, 5.74) is 0.741. The third-order valence-corrected chi connectivity index (χ3v) is 5.01. The molecule has 0 spiro atoms. The topological polar surface area (TPSA) is 57.6 Å². The highest BCUT2D eigenvalue weighted by atomic mass is 35.5. The quantitative estimate of drug-likeness (QED) is 0.850. The van der Waals surface area contributed by atoms with Crippen LogP contribution in [-0.2, 0) is 9.59 Å². The van der Waals surface area contributed by atoms with Crippen LogP contribution in [0.3, 0.4) is 0 Å². The highest BCUT2D eigenvalue weighted by Crippen LogP contribution is 2.34. The van der Waals surface area contributed by atoms with E-state index in [1.807, 2.05) is 0 Å². The van der Waals surface area contributed by atoms with E-state index in [9.17, 15) is 27.9 Å². The molecule has 2 rings (SSSR count). The van der Waals surface area contributed by atoms with Crippen molar-refractivity contribution in [2.24, 2.45) is 5.92 Å². The van der Waals surface area contributed by atoms with E-state index in [1.54, 1.807) is 24.3 Å². The molecular weight excluding hydrogens is 367 g/mol. The van der Waals surface area contributed by atoms with E-state index < -0.39 is 35.6 Å². The van der Waals surface area contributed by atoms with Crippen molar-refractivity contribution >= 4 is 35.2 Å². The molecule has 1 aromatic rings. The van der Waals surface area contributed by atoms with Gasteiger partial charge in [0.2, 0.25) is 5.91 Å². The van der Waals surface area contributed by atoms with Crippen LogP contribution in [0.5, 0.6) is 0 Å². The molecule has 1 fully saturated rings. The molecule has 0 saturated carbocycles. The average Bonchev–Trinajstić information content (AvgIpc) is 2.92. The summed E-state index contributed by atoms with van der Waals surface area (Å²) in [7, 11) is 0. The minimum Gasteiger partial charge on any atom is -0.481 e. The molecule has 0 bridgehead atoms. The van der Waals surface area contributed by atoms with Crippen molar-refractivity contribution in [2.45, 2.75) is 12.1 Å². The molecule has 2 atom stereocenters. The zero-order valence-corrected chi connectivity index (χ0v) is 14.0. The van der Waals surface area contributed by atoms with Gasteiger partial charge in [0.15, 0.2) is 0 Å². The van der Waals surface area contributed by atoms with E-state index in [1.165, 1.54) is 4.90 Å². The van der Waals surface area contributed by atoms with Crippen LogP contribution in [0.2, 0.25) is 5.02 Å². The van der Waals surface area contributed by atoms with E-state index in [4.69, 9.17) is 11.6 Å². The van der Waals surface area contributed by atoms with Crippen molar-refractivity contribution < 1.29 is 27.9 Å². The van der Waals surface area contributed by atoms with E-state index in [2.05, 4.69) is 0 Å². The molecule has 1 N–H and O–H groups in total. The Morgan fingerprint density at radius 3 is 2.42 bits per heavy atom. The Hall–Kier alpha value is -1.41. The summed E-state index contributed by atoms with van der Waals surface area (Å²) in [4.78, 5) is 24.8. The summed E-state index contributed by atoms with van der Waals surface area (Å²) in [5.74, 6) is -4.13. The molecule has 24 heavy (non-hydrogen) atoms. The van der Waals surface area contributed by atoms with Crippen LogP contribution < -0.4 is 0 Å². The molecule has 1 heterocycles. The SMILES string of the molecule is O=C(O)[C@@H]1CN(C(=O)CSCC(F)(F)F)C[C@H]1c1ccc(Cl)cc1. The van der Waals surface area contributed by atoms with Crippen molar-refractivity contribution in [3.8, 4) is 0 Å². The minimum absolute atomic E-state index is 0.00592. The van der Waals surface area contributed by atoms with Crippen LogP contribution in [0.1, 0.15) is 11.5 Å². The summed E-state index contributed by atoms with van der Waals surface area (Å²) in [6.45, 7) is 0.165. The van der Waals surface area contributed by atoms with Crippen LogP contribution >= 0.6 is 23.4 Å². The minimum atomic E-state index is -4.33. The number of halogens is 4. The Morgan fingerprint density at radius 2 is 1.88 bits per heavy atom. The van der Waals surface area contributed by atoms with Gasteiger partial charge in [-0.25, -0.2) is 0 Å². The van der Waals surface area contributed by atoms with Crippen LogP contribution in [-0.4, -0.2) is 52.7 Å². The largest absolute Gasteiger partial charge is 0.481 e. The molecule has 1 aliphatic heterocycles. The third kappa shape index (κ3) is 5.04. The number of alkyl halides is 3. The van der Waals surface area contributed by atoms with Crippen LogP contribution in [0.4, 0.5) is 13.2 Å². The van der Waals surface area contributed by atoms with Crippen molar-refractivity contribution in [3.63, 3.8) is 0 Å². The van der Waals surface area contributed by atoms with E-state index in [0.717, 1.165) is 5.56 Å². The monoisotopic (exact) mass is 381 g/mol. The Kier molecular flexibility index (Phi) is 6.03. The van der Waals surface area contributed by atoms with Crippen LogP contribution in [0, 0.1) is 5.92 Å². The fourth-order valence-electron chi connectivity index (χ4n) is 2.65. The van der Waals surface area contributed by atoms with Crippen LogP contribution in [0.25, 0.3) is 0 Å². The number of hydrogen-bond donors (Lipinski definition) is 1. The molecule has 1 aliphatic rings. The van der Waals surface area contributed by atoms with Gasteiger partial charge < -0.3 is 10.0 Å². The summed E-state index contributed by atoms with van der Waals surface area (Å²) < 4.78 is 36.4. The number of carboxylic acid groups (broad SMARTS) is 1. The number of aliphatic carboxylic acids is 1. The maximum atomic E-state index is 12.1. The summed E-state index contributed by atoms with van der Waals surface area (Å²) in [6, 6.07) is 6.68. The summed E-state index contributed by atoms with van der Waals surface area (Å²) in [6.07, 6.45) is -4.33. The first-order chi connectivity index (χ1) is 11.2. The van der Waals surface area contributed by atoms with Gasteiger partial charge >= 0.3 is 12.1 Å². The normalized spacial score (nSPS) is 21.1. The van der Waals surface area contributed by atoms with Gasteiger partial charge in [0, 0.05) is 24.0 Å². The Bertz CT molecular complexity index is 609. The second-order valence-electron chi connectivity index (χ2n) is 5.51. The fourth-order valence-corrected chi connectivity index (χ4v) is 3.47. The van der Waals surface area contributed by atoms with Gasteiger partial charge in [-0.05, 0) is 17.7 Å². The number of amides is 1. The number of likely N-dealkylation sites (tertiary alicyclic amines) is 1. The number of hydrogen-bond acceptors (Lipinski definition) is 3. The van der Waals surface area contributed by atoms with Gasteiger partial charge in [0.1, 0.15) is 0 Å². The number of rotatable bonds is 5. The Labute approximate surface area is 146 Å². The van der Waals surface area contributed by atoms with Gasteiger partial charge in [-0.15, -0.1) is 11.8 Å². The lowest BCUT2D eigenvalue weighted by Crippen LogP contribution is -2.31. The lowest BCUT2D eigenvalue weighted by atomic mass is 9.89. The first kappa shape index (κ1) is 18.9. The first-order valence-corrected chi connectivity index (χ1v) is 8.61. The van der Waals surface area contributed by atoms with Gasteiger partial charge in [-0.2, -0.15) is 13.2 Å². The number of carbonyl (C=O) groups excluding carboxylic acids is 1. The van der Waals surface area contributed by atoms with Crippen molar-refractivity contribution in [2.75, 3.05) is 24.6 Å². The molecule has 1 saturated heterocycles. The highest BCUT2D eigenvalue weighted by molar-refractivity contribution is 8.00. The zero-order chi connectivity index (χ0) is 17.9. The van der Waals surface area contributed by atoms with E-state index >= 15 is 0 Å². The molecule has 1 amide bonds. The molecule has 0 radical (unpaired) electrons. The second kappa shape index (κ2) is 7.65. The second-order valence-corrected chi connectivity index (χ2v) is 6.93. The van der Waals surface area contributed by atoms with E-state index in [-0.39, 0.29) is 18.8 Å². The van der Waals surface area contributed by atoms with Gasteiger partial charge in [0.05, 0.1) is 17.4 Å². The Balaban J connectivity index is 2.02. The van der Waals surface area contributed by atoms with Gasteiger partial charge in [-0.1, -0.05) is 23.7 Å². The van der Waals surface area contributed by atoms with Crippen LogP contribution in [0.15, 0.2) is 24.3 Å².